The summed E-state index contributed by atoms with van der Waals surface area (Å²) in [5.74, 6) is -0.0381. The lowest BCUT2D eigenvalue weighted by Gasteiger charge is -2.13. The molecule has 1 amide bonds. The molecule has 0 saturated heterocycles. The number of aromatic nitrogens is 6. The van der Waals surface area contributed by atoms with Crippen LogP contribution in [0.4, 0.5) is 0 Å². The standard InChI is InChI=1S/C15H21N7O/c1-11-14-13(20(3)19-11)9-18-22(14)12(2)15(23)17-5-4-7-21-8-6-16-10-21/h6,8-10,12H,4-5,7H2,1-3H3,(H,17,23)/t12-/m0/s1. The molecule has 0 fully saturated rings. The molecule has 8 nitrogen and oxygen atoms in total. The Morgan fingerprint density at radius 1 is 1.43 bits per heavy atom. The highest BCUT2D eigenvalue weighted by Gasteiger charge is 2.20. The van der Waals surface area contributed by atoms with Crippen LogP contribution in [0.5, 0.6) is 0 Å². The van der Waals surface area contributed by atoms with E-state index in [4.69, 9.17) is 0 Å². The summed E-state index contributed by atoms with van der Waals surface area (Å²) >= 11 is 0. The number of imidazole rings is 1. The summed E-state index contributed by atoms with van der Waals surface area (Å²) < 4.78 is 5.51. The van der Waals surface area contributed by atoms with Crippen molar-refractivity contribution >= 4 is 16.9 Å². The Kier molecular flexibility index (Phi) is 4.14. The maximum Gasteiger partial charge on any atom is 0.244 e. The lowest BCUT2D eigenvalue weighted by atomic mass is 10.3. The van der Waals surface area contributed by atoms with E-state index in [0.717, 1.165) is 29.7 Å². The van der Waals surface area contributed by atoms with E-state index in [1.165, 1.54) is 0 Å². The highest BCUT2D eigenvalue weighted by molar-refractivity contribution is 5.84. The van der Waals surface area contributed by atoms with Gasteiger partial charge in [-0.2, -0.15) is 10.2 Å². The van der Waals surface area contributed by atoms with Crippen LogP contribution in [-0.4, -0.2) is 41.6 Å². The van der Waals surface area contributed by atoms with Gasteiger partial charge in [-0.1, -0.05) is 0 Å². The predicted molar refractivity (Wildman–Crippen MR) is 85.8 cm³/mol. The maximum atomic E-state index is 12.3. The molecular weight excluding hydrogens is 294 g/mol. The average Bonchev–Trinajstić information content (AvgIpc) is 3.23. The van der Waals surface area contributed by atoms with Crippen LogP contribution >= 0.6 is 0 Å². The first kappa shape index (κ1) is 15.3. The molecule has 0 radical (unpaired) electrons. The quantitative estimate of drug-likeness (QED) is 0.689. The van der Waals surface area contributed by atoms with E-state index < -0.39 is 0 Å². The number of nitrogens with one attached hydrogen (secondary N) is 1. The lowest BCUT2D eigenvalue weighted by Crippen LogP contribution is -2.32. The Morgan fingerprint density at radius 3 is 3.00 bits per heavy atom. The molecule has 8 heteroatoms. The summed E-state index contributed by atoms with van der Waals surface area (Å²) in [7, 11) is 1.88. The van der Waals surface area contributed by atoms with E-state index in [0.29, 0.717) is 6.54 Å². The van der Waals surface area contributed by atoms with Crippen LogP contribution < -0.4 is 5.32 Å². The van der Waals surface area contributed by atoms with Gasteiger partial charge in [0, 0.05) is 32.5 Å². The molecule has 23 heavy (non-hydrogen) atoms. The molecule has 0 aliphatic heterocycles. The predicted octanol–water partition coefficient (Wildman–Crippen LogP) is 1.04. The Bertz CT molecular complexity index is 799. The number of carbonyl (C=O) groups excluding carboxylic acids is 1. The first-order valence-electron chi connectivity index (χ1n) is 7.68. The van der Waals surface area contributed by atoms with Crippen molar-refractivity contribution < 1.29 is 4.79 Å². The van der Waals surface area contributed by atoms with Crippen LogP contribution in [0, 0.1) is 6.92 Å². The van der Waals surface area contributed by atoms with Crippen LogP contribution in [0.15, 0.2) is 24.9 Å². The van der Waals surface area contributed by atoms with Crippen LogP contribution in [0.2, 0.25) is 0 Å². The molecule has 3 rings (SSSR count). The molecule has 3 aromatic heterocycles. The fourth-order valence-corrected chi connectivity index (χ4v) is 2.71. The van der Waals surface area contributed by atoms with Gasteiger partial charge in [0.15, 0.2) is 0 Å². The number of fused-ring (bicyclic) bond motifs is 1. The van der Waals surface area contributed by atoms with Gasteiger partial charge in [-0.3, -0.25) is 9.48 Å². The third kappa shape index (κ3) is 2.96. The van der Waals surface area contributed by atoms with Crippen LogP contribution in [0.1, 0.15) is 25.1 Å². The van der Waals surface area contributed by atoms with Gasteiger partial charge in [0.05, 0.1) is 18.2 Å². The Morgan fingerprint density at radius 2 is 2.26 bits per heavy atom. The zero-order valence-electron chi connectivity index (χ0n) is 13.6. The van der Waals surface area contributed by atoms with Crippen molar-refractivity contribution in [2.24, 2.45) is 7.05 Å². The molecule has 0 aliphatic carbocycles. The van der Waals surface area contributed by atoms with Gasteiger partial charge in [-0.25, -0.2) is 9.67 Å². The largest absolute Gasteiger partial charge is 0.354 e. The first-order valence-corrected chi connectivity index (χ1v) is 7.68. The van der Waals surface area contributed by atoms with E-state index >= 15 is 0 Å². The van der Waals surface area contributed by atoms with E-state index in [9.17, 15) is 4.79 Å². The van der Waals surface area contributed by atoms with E-state index in [1.54, 1.807) is 28.1 Å². The van der Waals surface area contributed by atoms with Crippen molar-refractivity contribution in [3.8, 4) is 0 Å². The van der Waals surface area contributed by atoms with Gasteiger partial charge >= 0.3 is 0 Å². The van der Waals surface area contributed by atoms with Gasteiger partial charge in [0.1, 0.15) is 17.1 Å². The van der Waals surface area contributed by atoms with E-state index in [1.807, 2.05) is 31.7 Å². The van der Waals surface area contributed by atoms with Crippen LogP contribution in [0.25, 0.3) is 11.0 Å². The minimum absolute atomic E-state index is 0.0381. The lowest BCUT2D eigenvalue weighted by molar-refractivity contribution is -0.124. The van der Waals surface area contributed by atoms with Gasteiger partial charge in [-0.05, 0) is 20.3 Å². The fourth-order valence-electron chi connectivity index (χ4n) is 2.71. The third-order valence-electron chi connectivity index (χ3n) is 3.97. The number of nitrogens with zero attached hydrogens (tertiary/aromatic N) is 6. The number of carbonyl (C=O) groups is 1. The summed E-state index contributed by atoms with van der Waals surface area (Å²) in [6, 6.07) is -0.372. The molecule has 3 aromatic rings. The molecule has 1 atom stereocenters. The zero-order valence-corrected chi connectivity index (χ0v) is 13.6. The molecule has 0 spiro atoms. The molecule has 0 aliphatic rings. The highest BCUT2D eigenvalue weighted by atomic mass is 16.2. The Labute approximate surface area is 134 Å². The normalized spacial score (nSPS) is 12.7. The van der Waals surface area contributed by atoms with E-state index in [2.05, 4.69) is 20.5 Å². The molecule has 0 bridgehead atoms. The Balaban J connectivity index is 1.60. The van der Waals surface area contributed by atoms with Crippen molar-refractivity contribution in [3.05, 3.63) is 30.6 Å². The molecular formula is C15H21N7O. The summed E-state index contributed by atoms with van der Waals surface area (Å²) in [6.07, 6.45) is 8.04. The van der Waals surface area contributed by atoms with Crippen molar-refractivity contribution in [3.63, 3.8) is 0 Å². The number of aryl methyl sites for hydroxylation is 3. The average molecular weight is 315 g/mol. The minimum Gasteiger partial charge on any atom is -0.354 e. The van der Waals surface area contributed by atoms with Gasteiger partial charge < -0.3 is 9.88 Å². The smallest absolute Gasteiger partial charge is 0.244 e. The van der Waals surface area contributed by atoms with Gasteiger partial charge in [0.25, 0.3) is 0 Å². The van der Waals surface area contributed by atoms with Crippen molar-refractivity contribution in [1.29, 1.82) is 0 Å². The topological polar surface area (TPSA) is 82.6 Å². The van der Waals surface area contributed by atoms with Crippen molar-refractivity contribution in [1.82, 2.24) is 34.4 Å². The Hall–Kier alpha value is -2.64. The summed E-state index contributed by atoms with van der Waals surface area (Å²) in [6.45, 7) is 5.24. The van der Waals surface area contributed by atoms with Crippen LogP contribution in [0.3, 0.4) is 0 Å². The second-order valence-electron chi connectivity index (χ2n) is 5.65. The SMILES string of the molecule is Cc1nn(C)c2cnn([C@@H](C)C(=O)NCCCn3ccnc3)c12. The first-order chi connectivity index (χ1) is 11.1. The molecule has 0 saturated carbocycles. The number of hydrogen-bond acceptors (Lipinski definition) is 4. The van der Waals surface area contributed by atoms with E-state index in [-0.39, 0.29) is 11.9 Å². The number of hydrogen-bond donors (Lipinski definition) is 1. The molecule has 122 valence electrons. The molecule has 0 aromatic carbocycles. The number of amides is 1. The van der Waals surface area contributed by atoms with Gasteiger partial charge in [0.2, 0.25) is 5.91 Å². The van der Waals surface area contributed by atoms with Gasteiger partial charge in [-0.15, -0.1) is 0 Å². The second kappa shape index (κ2) is 6.23. The van der Waals surface area contributed by atoms with Crippen LogP contribution in [-0.2, 0) is 18.4 Å². The summed E-state index contributed by atoms with van der Waals surface area (Å²) in [4.78, 5) is 16.3. The third-order valence-corrected chi connectivity index (χ3v) is 3.97. The number of rotatable bonds is 6. The maximum absolute atomic E-state index is 12.3. The molecule has 1 N–H and O–H groups in total. The summed E-state index contributed by atoms with van der Waals surface area (Å²) in [5.41, 5.74) is 2.72. The summed E-state index contributed by atoms with van der Waals surface area (Å²) in [5, 5.41) is 11.7. The highest BCUT2D eigenvalue weighted by Crippen LogP contribution is 2.20. The zero-order chi connectivity index (χ0) is 16.4. The monoisotopic (exact) mass is 315 g/mol. The molecule has 3 heterocycles. The second-order valence-corrected chi connectivity index (χ2v) is 5.65. The fraction of sp³-hybridized carbons (Fsp3) is 0.467. The molecule has 0 unspecified atom stereocenters. The van der Waals surface area contributed by atoms with Crippen molar-refractivity contribution in [2.75, 3.05) is 6.54 Å². The minimum atomic E-state index is -0.372. The van der Waals surface area contributed by atoms with Crippen molar-refractivity contribution in [2.45, 2.75) is 32.9 Å².